The number of aryl methyl sites for hydroxylation is 1. The highest BCUT2D eigenvalue weighted by molar-refractivity contribution is 6.34. The molecule has 0 aliphatic carbocycles. The van der Waals surface area contributed by atoms with Crippen molar-refractivity contribution in [3.05, 3.63) is 86.5 Å². The van der Waals surface area contributed by atoms with E-state index in [4.69, 9.17) is 11.6 Å². The predicted octanol–water partition coefficient (Wildman–Crippen LogP) is 6.28. The molecule has 1 amide bonds. The number of fused-ring (bicyclic) bond motifs is 1. The minimum absolute atomic E-state index is 0.114. The van der Waals surface area contributed by atoms with Crippen molar-refractivity contribution in [1.29, 1.82) is 5.26 Å². The van der Waals surface area contributed by atoms with Gasteiger partial charge in [-0.1, -0.05) is 32.0 Å². The van der Waals surface area contributed by atoms with E-state index >= 15 is 4.39 Å². The van der Waals surface area contributed by atoms with Crippen molar-refractivity contribution in [3.8, 4) is 28.8 Å². The lowest BCUT2D eigenvalue weighted by atomic mass is 10.0. The Morgan fingerprint density at radius 3 is 2.32 bits per heavy atom. The monoisotopic (exact) mass is 668 g/mol. The maximum absolute atomic E-state index is 15.2. The van der Waals surface area contributed by atoms with Crippen molar-refractivity contribution in [2.75, 3.05) is 18.0 Å². The zero-order valence-electron chi connectivity index (χ0n) is 26.0. The van der Waals surface area contributed by atoms with Gasteiger partial charge in [0, 0.05) is 36.8 Å². The number of amides is 1. The van der Waals surface area contributed by atoms with E-state index in [1.54, 1.807) is 42.8 Å². The van der Waals surface area contributed by atoms with Crippen molar-refractivity contribution in [2.45, 2.75) is 52.6 Å². The number of rotatable bonds is 5. The lowest BCUT2D eigenvalue weighted by Crippen LogP contribution is -2.58. The second kappa shape index (κ2) is 12.3. The van der Waals surface area contributed by atoms with Crippen molar-refractivity contribution in [1.82, 2.24) is 19.4 Å². The summed E-state index contributed by atoms with van der Waals surface area (Å²) in [5.41, 5.74) is -1.83. The van der Waals surface area contributed by atoms with Gasteiger partial charge in [0.05, 0.1) is 33.3 Å². The molecule has 0 radical (unpaired) electrons. The van der Waals surface area contributed by atoms with Crippen LogP contribution in [-0.2, 0) is 4.79 Å². The first-order chi connectivity index (χ1) is 22.2. The number of anilines is 1. The number of carbonyl (C=O) groups is 1. The van der Waals surface area contributed by atoms with E-state index in [9.17, 15) is 33.1 Å². The van der Waals surface area contributed by atoms with Gasteiger partial charge in [0.25, 0.3) is 5.56 Å². The molecular weight excluding hydrogens is 640 g/mol. The van der Waals surface area contributed by atoms with E-state index in [1.807, 2.05) is 19.9 Å². The van der Waals surface area contributed by atoms with E-state index in [0.29, 0.717) is 11.3 Å². The third-order valence-electron chi connectivity index (χ3n) is 8.26. The summed E-state index contributed by atoms with van der Waals surface area (Å²) >= 11 is 6.58. The first kappa shape index (κ1) is 33.4. The number of nitrogens with zero attached hydrogens (tertiary/aromatic N) is 6. The maximum atomic E-state index is 15.2. The Kier molecular flexibility index (Phi) is 8.77. The molecule has 5 rings (SSSR count). The number of hydrogen-bond donors (Lipinski definition) is 1. The molecule has 0 bridgehead atoms. The second-order valence-corrected chi connectivity index (χ2v) is 12.1. The Morgan fingerprint density at radius 1 is 1.13 bits per heavy atom. The summed E-state index contributed by atoms with van der Waals surface area (Å²) in [4.78, 5) is 39.3. The van der Waals surface area contributed by atoms with Gasteiger partial charge in [0.2, 0.25) is 17.5 Å². The van der Waals surface area contributed by atoms with E-state index in [0.717, 1.165) is 4.57 Å². The predicted molar refractivity (Wildman–Crippen MR) is 169 cm³/mol. The molecule has 1 aliphatic rings. The van der Waals surface area contributed by atoms with Crippen molar-refractivity contribution < 1.29 is 27.5 Å². The Hall–Kier alpha value is -4.96. The number of benzene rings is 1. The molecule has 14 heteroatoms. The minimum Gasteiger partial charge on any atom is -0.504 e. The van der Waals surface area contributed by atoms with Crippen LogP contribution in [-0.4, -0.2) is 55.6 Å². The van der Waals surface area contributed by atoms with Crippen LogP contribution in [0.1, 0.15) is 50.4 Å². The number of carbonyl (C=O) groups excluding carboxylic acids is 1. The molecule has 9 nitrogen and oxygen atoms in total. The van der Waals surface area contributed by atoms with Crippen molar-refractivity contribution >= 4 is 34.2 Å². The van der Waals surface area contributed by atoms with Gasteiger partial charge >= 0.3 is 0 Å². The molecule has 1 aromatic carbocycles. The molecule has 2 atom stereocenters. The van der Waals surface area contributed by atoms with Crippen molar-refractivity contribution in [3.63, 3.8) is 0 Å². The van der Waals surface area contributed by atoms with E-state index in [-0.39, 0.29) is 52.9 Å². The summed E-state index contributed by atoms with van der Waals surface area (Å²) in [6, 6.07) is 4.07. The van der Waals surface area contributed by atoms with E-state index < -0.39 is 62.9 Å². The van der Waals surface area contributed by atoms with Crippen LogP contribution in [0, 0.1) is 41.5 Å². The minimum atomic E-state index is -2.23. The smallest absolute Gasteiger partial charge is 0.276 e. The molecule has 3 aromatic heterocycles. The first-order valence-electron chi connectivity index (χ1n) is 14.6. The number of hydrogen-bond acceptors (Lipinski definition) is 7. The van der Waals surface area contributed by atoms with Crippen molar-refractivity contribution in [2.24, 2.45) is 0 Å². The molecule has 4 aromatic rings. The van der Waals surface area contributed by atoms with Crippen LogP contribution in [0.3, 0.4) is 0 Å². The molecule has 1 fully saturated rings. The highest BCUT2D eigenvalue weighted by atomic mass is 35.5. The molecule has 1 aliphatic heterocycles. The second-order valence-electron chi connectivity index (χ2n) is 11.7. The fraction of sp³-hybridized carbons (Fsp3) is 0.303. The Labute approximate surface area is 272 Å². The fourth-order valence-corrected chi connectivity index (χ4v) is 6.49. The van der Waals surface area contributed by atoms with Gasteiger partial charge in [-0.05, 0) is 50.5 Å². The van der Waals surface area contributed by atoms with Crippen LogP contribution in [0.4, 0.5) is 23.2 Å². The third-order valence-corrected chi connectivity index (χ3v) is 8.54. The summed E-state index contributed by atoms with van der Waals surface area (Å²) in [6.45, 7) is 12.9. The third kappa shape index (κ3) is 5.26. The molecular formula is C33H29ClF4N6O3. The highest BCUT2D eigenvalue weighted by Crippen LogP contribution is 2.43. The Balaban J connectivity index is 1.95. The molecule has 4 heterocycles. The molecule has 0 unspecified atom stereocenters. The van der Waals surface area contributed by atoms with Gasteiger partial charge in [-0.2, -0.15) is 9.65 Å². The van der Waals surface area contributed by atoms with Gasteiger partial charge in [-0.15, -0.1) is 0 Å². The van der Waals surface area contributed by atoms with Gasteiger partial charge in [0.1, 0.15) is 17.3 Å². The van der Waals surface area contributed by atoms with Gasteiger partial charge in [-0.3, -0.25) is 19.1 Å². The van der Waals surface area contributed by atoms with Gasteiger partial charge in [0.15, 0.2) is 17.4 Å². The number of aromatic hydroxyl groups is 1. The number of piperazine rings is 1. The van der Waals surface area contributed by atoms with Crippen LogP contribution in [0.25, 0.3) is 28.0 Å². The zero-order chi connectivity index (χ0) is 34.6. The Bertz CT molecular complexity index is 2050. The standard InChI is InChI=1S/C33H29ClF4N6O3/c1-7-21(45)43-16(5)12-42(13-17(43)6)30-18-10-20(34)28(22-23(35)24(36)25(37)26(38)31(22)46)41-32(18)44(33(47)19(30)11-39)29-15(4)8-9-40-27(29)14(2)3/h7-10,14,16-17,46H,1,12-13H2,2-6H3/t16-,17+. The average Bonchev–Trinajstić information content (AvgIpc) is 3.02. The summed E-state index contributed by atoms with van der Waals surface area (Å²) in [5, 5.41) is 20.6. The SMILES string of the molecule is C=CC(=O)N1[C@H](C)CN(c2c(C#N)c(=O)n(-c3c(C)ccnc3C(C)C)c3nc(-c4c(O)c(F)c(F)c(F)c4F)c(Cl)cc23)C[C@@H]1C. The van der Waals surface area contributed by atoms with Crippen LogP contribution in [0.15, 0.2) is 35.8 Å². The quantitative estimate of drug-likeness (QED) is 0.115. The van der Waals surface area contributed by atoms with Crippen LogP contribution < -0.4 is 10.5 Å². The topological polar surface area (TPSA) is 115 Å². The Morgan fingerprint density at radius 2 is 1.74 bits per heavy atom. The summed E-state index contributed by atoms with van der Waals surface area (Å²) in [7, 11) is 0. The lowest BCUT2D eigenvalue weighted by Gasteiger charge is -2.45. The fourth-order valence-electron chi connectivity index (χ4n) is 6.25. The number of pyridine rings is 3. The molecule has 0 spiro atoms. The molecule has 244 valence electrons. The van der Waals surface area contributed by atoms with E-state index in [1.165, 1.54) is 12.1 Å². The molecule has 0 saturated carbocycles. The average molecular weight is 669 g/mol. The van der Waals surface area contributed by atoms with E-state index in [2.05, 4.69) is 16.5 Å². The van der Waals surface area contributed by atoms with Gasteiger partial charge < -0.3 is 14.9 Å². The van der Waals surface area contributed by atoms with Gasteiger partial charge in [-0.25, -0.2) is 18.2 Å². The highest BCUT2D eigenvalue weighted by Gasteiger charge is 2.36. The van der Waals surface area contributed by atoms with Crippen LogP contribution >= 0.6 is 11.6 Å². The molecule has 1 saturated heterocycles. The molecule has 47 heavy (non-hydrogen) atoms. The number of nitriles is 1. The number of phenolic OH excluding ortho intramolecular Hbond substituents is 1. The summed E-state index contributed by atoms with van der Waals surface area (Å²) in [6.07, 6.45) is 2.74. The van der Waals surface area contributed by atoms with Crippen LogP contribution in [0.2, 0.25) is 5.02 Å². The summed E-state index contributed by atoms with van der Waals surface area (Å²) in [5.74, 6) is -10.6. The number of phenols is 1. The van der Waals surface area contributed by atoms with Crippen LogP contribution in [0.5, 0.6) is 5.75 Å². The summed E-state index contributed by atoms with van der Waals surface area (Å²) < 4.78 is 59.3. The largest absolute Gasteiger partial charge is 0.504 e. The lowest BCUT2D eigenvalue weighted by molar-refractivity contribution is -0.130. The number of halogens is 5. The first-order valence-corrected chi connectivity index (χ1v) is 14.9. The zero-order valence-corrected chi connectivity index (χ0v) is 26.8. The number of aromatic nitrogens is 3. The molecule has 1 N–H and O–H groups in total. The maximum Gasteiger partial charge on any atom is 0.276 e. The normalized spacial score (nSPS) is 16.6.